The third-order valence-corrected chi connectivity index (χ3v) is 5.69. The van der Waals surface area contributed by atoms with Crippen molar-refractivity contribution in [3.05, 3.63) is 60.3 Å². The molecule has 11 heteroatoms. The number of amides is 1. The van der Waals surface area contributed by atoms with E-state index in [0.29, 0.717) is 42.7 Å². The number of aromatic nitrogens is 2. The van der Waals surface area contributed by atoms with E-state index in [2.05, 4.69) is 9.97 Å². The van der Waals surface area contributed by atoms with Crippen molar-refractivity contribution in [1.82, 2.24) is 14.9 Å². The number of aliphatic hydroxyl groups excluding tert-OH is 1. The van der Waals surface area contributed by atoms with Gasteiger partial charge in [0.25, 0.3) is 5.91 Å². The first-order chi connectivity index (χ1) is 16.9. The Balaban J connectivity index is 1.51. The normalized spacial score (nSPS) is 15.6. The minimum absolute atomic E-state index is 0.145. The summed E-state index contributed by atoms with van der Waals surface area (Å²) in [6.07, 6.45) is 3.00. The van der Waals surface area contributed by atoms with Crippen molar-refractivity contribution in [2.45, 2.75) is 6.04 Å². The molecule has 10 nitrogen and oxygen atoms in total. The van der Waals surface area contributed by atoms with Gasteiger partial charge in [-0.2, -0.15) is 0 Å². The lowest BCUT2D eigenvalue weighted by Crippen LogP contribution is -2.57. The van der Waals surface area contributed by atoms with Gasteiger partial charge in [-0.3, -0.25) is 4.79 Å². The van der Waals surface area contributed by atoms with Crippen LogP contribution in [0.15, 0.2) is 48.8 Å². The van der Waals surface area contributed by atoms with Crippen LogP contribution in [0.2, 0.25) is 0 Å². The Labute approximate surface area is 201 Å². The number of anilines is 2. The van der Waals surface area contributed by atoms with Crippen LogP contribution in [0.4, 0.5) is 15.9 Å². The molecular formula is C24H26FN5O5. The molecule has 3 heterocycles. The number of ether oxygens (including phenoxy) is 3. The fraction of sp³-hybridized carbons (Fsp3) is 0.292. The molecular weight excluding hydrogens is 457 g/mol. The molecule has 0 spiro atoms. The van der Waals surface area contributed by atoms with Gasteiger partial charge in [0.05, 0.1) is 44.9 Å². The van der Waals surface area contributed by atoms with E-state index in [9.17, 15) is 14.3 Å². The molecule has 0 aliphatic carbocycles. The quantitative estimate of drug-likeness (QED) is 0.521. The van der Waals surface area contributed by atoms with E-state index >= 15 is 0 Å². The fourth-order valence-electron chi connectivity index (χ4n) is 3.90. The third kappa shape index (κ3) is 5.19. The van der Waals surface area contributed by atoms with Crippen LogP contribution < -0.4 is 24.8 Å². The molecule has 3 N–H and O–H groups in total. The Bertz CT molecular complexity index is 1190. The highest BCUT2D eigenvalue weighted by Gasteiger charge is 2.33. The highest BCUT2D eigenvalue weighted by Crippen LogP contribution is 2.33. The number of pyridine rings is 2. The first kappa shape index (κ1) is 24.0. The summed E-state index contributed by atoms with van der Waals surface area (Å²) in [4.78, 5) is 25.3. The van der Waals surface area contributed by atoms with E-state index in [1.165, 1.54) is 43.6 Å². The lowest BCUT2D eigenvalue weighted by Gasteiger charge is -2.41. The number of nitrogen functional groups attached to an aromatic ring is 1. The Morgan fingerprint density at radius 2 is 1.83 bits per heavy atom. The molecule has 0 radical (unpaired) electrons. The molecule has 35 heavy (non-hydrogen) atoms. The minimum Gasteiger partial charge on any atom is -0.494 e. The summed E-state index contributed by atoms with van der Waals surface area (Å²) < 4.78 is 29.7. The number of halogens is 1. The Kier molecular flexibility index (Phi) is 7.16. The maximum Gasteiger partial charge on any atom is 0.273 e. The van der Waals surface area contributed by atoms with Crippen molar-refractivity contribution in [2.75, 3.05) is 51.1 Å². The molecule has 1 amide bonds. The first-order valence-electron chi connectivity index (χ1n) is 10.9. The molecule has 0 saturated carbocycles. The zero-order valence-corrected chi connectivity index (χ0v) is 19.3. The molecule has 184 valence electrons. The van der Waals surface area contributed by atoms with Gasteiger partial charge in [0.15, 0.2) is 11.5 Å². The Morgan fingerprint density at radius 3 is 2.51 bits per heavy atom. The first-order valence-corrected chi connectivity index (χ1v) is 10.9. The zero-order chi connectivity index (χ0) is 24.9. The highest BCUT2D eigenvalue weighted by molar-refractivity contribution is 5.93. The smallest absolute Gasteiger partial charge is 0.273 e. The fourth-order valence-corrected chi connectivity index (χ4v) is 3.90. The van der Waals surface area contributed by atoms with Crippen molar-refractivity contribution in [2.24, 2.45) is 0 Å². The summed E-state index contributed by atoms with van der Waals surface area (Å²) in [5.41, 5.74) is 6.63. The number of hydrogen-bond donors (Lipinski definition) is 2. The van der Waals surface area contributed by atoms with Gasteiger partial charge in [0.2, 0.25) is 0 Å². The molecule has 2 aromatic heterocycles. The van der Waals surface area contributed by atoms with Gasteiger partial charge in [-0.25, -0.2) is 14.4 Å². The van der Waals surface area contributed by atoms with Gasteiger partial charge < -0.3 is 34.9 Å². The van der Waals surface area contributed by atoms with Crippen molar-refractivity contribution in [3.63, 3.8) is 0 Å². The van der Waals surface area contributed by atoms with E-state index in [1.807, 2.05) is 4.90 Å². The summed E-state index contributed by atoms with van der Waals surface area (Å²) >= 11 is 0. The second-order valence-electron chi connectivity index (χ2n) is 7.84. The van der Waals surface area contributed by atoms with Crippen molar-refractivity contribution >= 4 is 17.4 Å². The van der Waals surface area contributed by atoms with Crippen molar-refractivity contribution < 1.29 is 28.5 Å². The van der Waals surface area contributed by atoms with Crippen LogP contribution in [-0.2, 0) is 0 Å². The van der Waals surface area contributed by atoms with Crippen LogP contribution in [0.3, 0.4) is 0 Å². The van der Waals surface area contributed by atoms with Gasteiger partial charge >= 0.3 is 0 Å². The maximum absolute atomic E-state index is 13.3. The number of rotatable bonds is 7. The Hall–Kier alpha value is -4.12. The molecule has 4 rings (SSSR count). The number of piperazine rings is 1. The van der Waals surface area contributed by atoms with E-state index < -0.39 is 6.04 Å². The highest BCUT2D eigenvalue weighted by atomic mass is 19.1. The van der Waals surface area contributed by atoms with Crippen LogP contribution in [0.1, 0.15) is 10.5 Å². The number of nitrogens with zero attached hydrogens (tertiary/aromatic N) is 4. The number of nitrogens with two attached hydrogens (primary N) is 1. The number of benzene rings is 1. The molecule has 0 bridgehead atoms. The van der Waals surface area contributed by atoms with Gasteiger partial charge in [-0.1, -0.05) is 0 Å². The predicted octanol–water partition coefficient (Wildman–Crippen LogP) is 2.33. The van der Waals surface area contributed by atoms with Crippen LogP contribution >= 0.6 is 0 Å². The molecule has 1 atom stereocenters. The number of methoxy groups -OCH3 is 2. The van der Waals surface area contributed by atoms with Crippen LogP contribution in [-0.4, -0.2) is 72.4 Å². The van der Waals surface area contributed by atoms with Crippen LogP contribution in [0.5, 0.6) is 23.0 Å². The maximum atomic E-state index is 13.3. The zero-order valence-electron chi connectivity index (χ0n) is 19.3. The monoisotopic (exact) mass is 483 g/mol. The average Bonchev–Trinajstić information content (AvgIpc) is 2.89. The van der Waals surface area contributed by atoms with E-state index in [1.54, 1.807) is 24.3 Å². The Morgan fingerprint density at radius 1 is 1.09 bits per heavy atom. The van der Waals surface area contributed by atoms with Crippen LogP contribution in [0, 0.1) is 5.82 Å². The van der Waals surface area contributed by atoms with Crippen LogP contribution in [0.25, 0.3) is 0 Å². The van der Waals surface area contributed by atoms with Gasteiger partial charge in [-0.05, 0) is 24.3 Å². The lowest BCUT2D eigenvalue weighted by molar-refractivity contribution is 0.0558. The van der Waals surface area contributed by atoms with Gasteiger partial charge in [0.1, 0.15) is 28.8 Å². The van der Waals surface area contributed by atoms with Gasteiger partial charge in [0, 0.05) is 31.8 Å². The summed E-state index contributed by atoms with van der Waals surface area (Å²) in [6.45, 7) is 0.964. The molecule has 1 saturated heterocycles. The van der Waals surface area contributed by atoms with Crippen molar-refractivity contribution in [1.29, 1.82) is 0 Å². The molecule has 3 aromatic rings. The van der Waals surface area contributed by atoms with E-state index in [4.69, 9.17) is 19.9 Å². The second kappa shape index (κ2) is 10.4. The number of hydrogen-bond acceptors (Lipinski definition) is 9. The number of aliphatic hydroxyl groups is 1. The molecule has 0 unspecified atom stereocenters. The molecule has 1 aliphatic heterocycles. The number of carbonyl (C=O) groups is 1. The predicted molar refractivity (Wildman–Crippen MR) is 127 cm³/mol. The standard InChI is InChI=1S/C24H26FN5O5/c1-33-20-10-23(26)28-11-19(20)29-7-8-30(16(13-29)14-31)24(32)18-9-21(34-2)22(12-27-18)35-17-5-3-15(25)4-6-17/h3-6,9-12,16,31H,7-8,13-14H2,1-2H3,(H2,26,28)/t16-/m0/s1. The topological polar surface area (TPSA) is 123 Å². The third-order valence-electron chi connectivity index (χ3n) is 5.69. The summed E-state index contributed by atoms with van der Waals surface area (Å²) in [6, 6.07) is 8.13. The SMILES string of the molecule is COc1cc(C(=O)N2CCN(c3cnc(N)cc3OC)C[C@H]2CO)ncc1Oc1ccc(F)cc1. The molecule has 1 aliphatic rings. The summed E-state index contributed by atoms with van der Waals surface area (Å²) in [5.74, 6) is 1.15. The van der Waals surface area contributed by atoms with Crippen molar-refractivity contribution in [3.8, 4) is 23.0 Å². The van der Waals surface area contributed by atoms with Gasteiger partial charge in [-0.15, -0.1) is 0 Å². The summed E-state index contributed by atoms with van der Waals surface area (Å²) in [7, 11) is 2.99. The van der Waals surface area contributed by atoms with E-state index in [-0.39, 0.29) is 29.8 Å². The average molecular weight is 484 g/mol. The summed E-state index contributed by atoms with van der Waals surface area (Å²) in [5, 5.41) is 10.0. The lowest BCUT2D eigenvalue weighted by atomic mass is 10.1. The van der Waals surface area contributed by atoms with E-state index in [0.717, 1.165) is 5.69 Å². The molecule has 1 aromatic carbocycles. The largest absolute Gasteiger partial charge is 0.494 e. The second-order valence-corrected chi connectivity index (χ2v) is 7.84. The number of carbonyl (C=O) groups excluding carboxylic acids is 1. The molecule has 1 fully saturated rings. The minimum atomic E-state index is -0.485.